The van der Waals surface area contributed by atoms with Gasteiger partial charge in [-0.3, -0.25) is 14.2 Å². The summed E-state index contributed by atoms with van der Waals surface area (Å²) in [5.41, 5.74) is 0.687. The fourth-order valence-corrected chi connectivity index (χ4v) is 1.36. The SMILES string of the molecule is CC(C(=O)Nc1cnn(C)c1)n1cccn1. The van der Waals surface area contributed by atoms with Crippen molar-refractivity contribution >= 4 is 11.6 Å². The zero-order chi connectivity index (χ0) is 11.5. The second-order valence-corrected chi connectivity index (χ2v) is 3.55. The van der Waals surface area contributed by atoms with Gasteiger partial charge in [-0.05, 0) is 13.0 Å². The number of amides is 1. The quantitative estimate of drug-likeness (QED) is 0.831. The van der Waals surface area contributed by atoms with E-state index in [1.54, 1.807) is 54.2 Å². The minimum atomic E-state index is -0.338. The van der Waals surface area contributed by atoms with E-state index in [0.29, 0.717) is 5.69 Å². The Kier molecular flexibility index (Phi) is 2.72. The van der Waals surface area contributed by atoms with Crippen molar-refractivity contribution in [2.45, 2.75) is 13.0 Å². The molecule has 0 radical (unpaired) electrons. The van der Waals surface area contributed by atoms with Crippen molar-refractivity contribution in [3.63, 3.8) is 0 Å². The number of carbonyl (C=O) groups excluding carboxylic acids is 1. The van der Waals surface area contributed by atoms with E-state index in [2.05, 4.69) is 15.5 Å². The van der Waals surface area contributed by atoms with Crippen molar-refractivity contribution in [1.82, 2.24) is 19.6 Å². The second-order valence-electron chi connectivity index (χ2n) is 3.55. The molecule has 1 N–H and O–H groups in total. The first-order chi connectivity index (χ1) is 7.66. The van der Waals surface area contributed by atoms with Crippen LogP contribution in [0.1, 0.15) is 13.0 Å². The summed E-state index contributed by atoms with van der Waals surface area (Å²) in [6.45, 7) is 1.79. The van der Waals surface area contributed by atoms with Gasteiger partial charge < -0.3 is 5.32 Å². The summed E-state index contributed by atoms with van der Waals surface area (Å²) < 4.78 is 3.24. The maximum absolute atomic E-state index is 11.8. The Morgan fingerprint density at radius 1 is 1.50 bits per heavy atom. The van der Waals surface area contributed by atoms with Gasteiger partial charge in [-0.15, -0.1) is 0 Å². The lowest BCUT2D eigenvalue weighted by atomic mass is 10.3. The monoisotopic (exact) mass is 219 g/mol. The van der Waals surface area contributed by atoms with Crippen LogP contribution >= 0.6 is 0 Å². The third kappa shape index (κ3) is 2.10. The normalized spacial score (nSPS) is 12.4. The zero-order valence-corrected chi connectivity index (χ0v) is 9.16. The van der Waals surface area contributed by atoms with Crippen molar-refractivity contribution in [3.8, 4) is 0 Å². The van der Waals surface area contributed by atoms with Crippen LogP contribution in [0, 0.1) is 0 Å². The third-order valence-electron chi connectivity index (χ3n) is 2.27. The molecule has 2 aromatic heterocycles. The van der Waals surface area contributed by atoms with Crippen molar-refractivity contribution < 1.29 is 4.79 Å². The number of carbonyl (C=O) groups is 1. The molecule has 2 rings (SSSR count). The van der Waals surface area contributed by atoms with Crippen LogP contribution in [0.25, 0.3) is 0 Å². The molecule has 6 nitrogen and oxygen atoms in total. The Labute approximate surface area is 92.9 Å². The maximum Gasteiger partial charge on any atom is 0.249 e. The van der Waals surface area contributed by atoms with E-state index in [1.807, 2.05) is 0 Å². The Morgan fingerprint density at radius 3 is 2.88 bits per heavy atom. The van der Waals surface area contributed by atoms with E-state index in [-0.39, 0.29) is 11.9 Å². The van der Waals surface area contributed by atoms with Gasteiger partial charge in [0.2, 0.25) is 5.91 Å². The number of nitrogens with zero attached hydrogens (tertiary/aromatic N) is 4. The summed E-state index contributed by atoms with van der Waals surface area (Å²) in [7, 11) is 1.80. The highest BCUT2D eigenvalue weighted by molar-refractivity contribution is 5.93. The minimum absolute atomic E-state index is 0.114. The highest BCUT2D eigenvalue weighted by Gasteiger charge is 2.15. The molecule has 0 spiro atoms. The molecule has 0 aliphatic heterocycles. The molecule has 0 aromatic carbocycles. The summed E-state index contributed by atoms with van der Waals surface area (Å²) >= 11 is 0. The Bertz CT molecular complexity index is 473. The topological polar surface area (TPSA) is 64.7 Å². The summed E-state index contributed by atoms with van der Waals surface area (Å²) in [5.74, 6) is -0.114. The smallest absolute Gasteiger partial charge is 0.249 e. The van der Waals surface area contributed by atoms with Gasteiger partial charge in [0.05, 0.1) is 11.9 Å². The summed E-state index contributed by atoms with van der Waals surface area (Å²) in [6, 6.07) is 1.45. The molecule has 0 aliphatic carbocycles. The number of aryl methyl sites for hydroxylation is 1. The fourth-order valence-electron chi connectivity index (χ4n) is 1.36. The predicted octanol–water partition coefficient (Wildman–Crippen LogP) is 0.816. The number of nitrogens with one attached hydrogen (secondary N) is 1. The first-order valence-electron chi connectivity index (χ1n) is 4.95. The maximum atomic E-state index is 11.8. The first kappa shape index (κ1) is 10.4. The van der Waals surface area contributed by atoms with Crippen molar-refractivity contribution in [2.24, 2.45) is 7.05 Å². The predicted molar refractivity (Wildman–Crippen MR) is 58.8 cm³/mol. The molecule has 84 valence electrons. The van der Waals surface area contributed by atoms with Crippen molar-refractivity contribution in [2.75, 3.05) is 5.32 Å². The summed E-state index contributed by atoms with van der Waals surface area (Å²) in [4.78, 5) is 11.8. The molecule has 0 aliphatic rings. The molecule has 0 fully saturated rings. The summed E-state index contributed by atoms with van der Waals surface area (Å²) in [5, 5.41) is 10.8. The molecule has 1 atom stereocenters. The van der Waals surface area contributed by atoms with Gasteiger partial charge in [-0.2, -0.15) is 10.2 Å². The van der Waals surface area contributed by atoms with Crippen molar-refractivity contribution in [3.05, 3.63) is 30.9 Å². The largest absolute Gasteiger partial charge is 0.322 e. The standard InChI is InChI=1S/C10H13N5O/c1-8(15-5-3-4-11-15)10(16)13-9-6-12-14(2)7-9/h3-8H,1-2H3,(H,13,16). The number of anilines is 1. The van der Waals surface area contributed by atoms with Gasteiger partial charge in [0.25, 0.3) is 0 Å². The van der Waals surface area contributed by atoms with E-state index in [4.69, 9.17) is 0 Å². The lowest BCUT2D eigenvalue weighted by Crippen LogP contribution is -2.23. The van der Waals surface area contributed by atoms with E-state index >= 15 is 0 Å². The number of hydrogen-bond donors (Lipinski definition) is 1. The Morgan fingerprint density at radius 2 is 2.31 bits per heavy atom. The van der Waals surface area contributed by atoms with Gasteiger partial charge in [-0.1, -0.05) is 0 Å². The van der Waals surface area contributed by atoms with Crippen LogP contribution < -0.4 is 5.32 Å². The number of aromatic nitrogens is 4. The molecule has 6 heteroatoms. The average molecular weight is 219 g/mol. The molecule has 0 saturated carbocycles. The minimum Gasteiger partial charge on any atom is -0.322 e. The van der Waals surface area contributed by atoms with Crippen LogP contribution in [0.4, 0.5) is 5.69 Å². The Hall–Kier alpha value is -2.11. The van der Waals surface area contributed by atoms with Gasteiger partial charge >= 0.3 is 0 Å². The molecular formula is C10H13N5O. The van der Waals surface area contributed by atoms with E-state index < -0.39 is 0 Å². The lowest BCUT2D eigenvalue weighted by Gasteiger charge is -2.11. The van der Waals surface area contributed by atoms with Crippen LogP contribution in [-0.2, 0) is 11.8 Å². The van der Waals surface area contributed by atoms with Gasteiger partial charge in [0, 0.05) is 25.6 Å². The van der Waals surface area contributed by atoms with Gasteiger partial charge in [0.1, 0.15) is 6.04 Å². The van der Waals surface area contributed by atoms with Crippen LogP contribution in [0.15, 0.2) is 30.9 Å². The van der Waals surface area contributed by atoms with E-state index in [9.17, 15) is 4.79 Å². The van der Waals surface area contributed by atoms with Crippen LogP contribution in [0.5, 0.6) is 0 Å². The zero-order valence-electron chi connectivity index (χ0n) is 9.16. The molecule has 1 amide bonds. The molecule has 2 aromatic rings. The first-order valence-corrected chi connectivity index (χ1v) is 4.95. The highest BCUT2D eigenvalue weighted by atomic mass is 16.2. The van der Waals surface area contributed by atoms with Gasteiger partial charge in [0.15, 0.2) is 0 Å². The fraction of sp³-hybridized carbons (Fsp3) is 0.300. The Balaban J connectivity index is 2.03. The average Bonchev–Trinajstić information content (AvgIpc) is 2.88. The lowest BCUT2D eigenvalue weighted by molar-refractivity contribution is -0.119. The van der Waals surface area contributed by atoms with Crippen LogP contribution in [-0.4, -0.2) is 25.5 Å². The van der Waals surface area contributed by atoms with E-state index in [0.717, 1.165) is 0 Å². The van der Waals surface area contributed by atoms with E-state index in [1.165, 1.54) is 0 Å². The number of rotatable bonds is 3. The van der Waals surface area contributed by atoms with Crippen LogP contribution in [0.3, 0.4) is 0 Å². The molecule has 0 saturated heterocycles. The number of hydrogen-bond acceptors (Lipinski definition) is 3. The van der Waals surface area contributed by atoms with Crippen molar-refractivity contribution in [1.29, 1.82) is 0 Å². The highest BCUT2D eigenvalue weighted by Crippen LogP contribution is 2.09. The summed E-state index contributed by atoms with van der Waals surface area (Å²) in [6.07, 6.45) is 6.75. The molecule has 1 unspecified atom stereocenters. The molecule has 16 heavy (non-hydrogen) atoms. The molecular weight excluding hydrogens is 206 g/mol. The third-order valence-corrected chi connectivity index (χ3v) is 2.27. The molecule has 0 bridgehead atoms. The van der Waals surface area contributed by atoms with Crippen LogP contribution in [0.2, 0.25) is 0 Å². The molecule has 2 heterocycles. The van der Waals surface area contributed by atoms with Gasteiger partial charge in [-0.25, -0.2) is 0 Å². The second kappa shape index (κ2) is 4.18.